The van der Waals surface area contributed by atoms with E-state index in [2.05, 4.69) is 4.74 Å². The fourth-order valence-electron chi connectivity index (χ4n) is 1.59. The lowest BCUT2D eigenvalue weighted by Gasteiger charge is -2.18. The van der Waals surface area contributed by atoms with Gasteiger partial charge in [0, 0.05) is 26.7 Å². The highest BCUT2D eigenvalue weighted by atomic mass is 16.5. The van der Waals surface area contributed by atoms with Crippen LogP contribution in [0.2, 0.25) is 0 Å². The Morgan fingerprint density at radius 3 is 2.87 bits per heavy atom. The van der Waals surface area contributed by atoms with E-state index in [-0.39, 0.29) is 11.9 Å². The van der Waals surface area contributed by atoms with Gasteiger partial charge in [0.15, 0.2) is 0 Å². The van der Waals surface area contributed by atoms with Crippen LogP contribution in [0.4, 0.5) is 0 Å². The average molecular weight is 214 g/mol. The Hall–Kier alpha value is -1.10. The minimum Gasteiger partial charge on any atom is -0.469 e. The van der Waals surface area contributed by atoms with Crippen molar-refractivity contribution in [3.8, 4) is 0 Å². The van der Waals surface area contributed by atoms with Gasteiger partial charge >= 0.3 is 5.97 Å². The molecule has 0 aromatic rings. The number of hydrogen-bond acceptors (Lipinski definition) is 4. The van der Waals surface area contributed by atoms with Gasteiger partial charge in [0.05, 0.1) is 20.1 Å². The average Bonchev–Trinajstić information content (AvgIpc) is 2.38. The second-order valence-electron chi connectivity index (χ2n) is 3.77. The molecule has 1 saturated heterocycles. The highest BCUT2D eigenvalue weighted by Gasteiger charge is 2.19. The van der Waals surface area contributed by atoms with Crippen molar-refractivity contribution in [3.05, 3.63) is 0 Å². The monoisotopic (exact) mass is 214 g/mol. The van der Waals surface area contributed by atoms with Crippen molar-refractivity contribution in [3.63, 3.8) is 0 Å². The van der Waals surface area contributed by atoms with Crippen molar-refractivity contribution < 1.29 is 14.3 Å². The van der Waals surface area contributed by atoms with Crippen LogP contribution in [0.5, 0.6) is 0 Å². The molecule has 0 aliphatic carbocycles. The topological polar surface area (TPSA) is 49.9 Å². The molecule has 0 unspecified atom stereocenters. The summed E-state index contributed by atoms with van der Waals surface area (Å²) < 4.78 is 4.56. The standard InChI is InChI=1S/C10H18N2O3/c1-11-5-3-6-12(8-9(11)13)7-4-10(14)15-2/h3-8H2,1-2H3. The Morgan fingerprint density at radius 2 is 2.20 bits per heavy atom. The van der Waals surface area contributed by atoms with Crippen LogP contribution in [-0.2, 0) is 14.3 Å². The molecule has 1 heterocycles. The summed E-state index contributed by atoms with van der Waals surface area (Å²) in [6.45, 7) is 2.68. The first-order chi connectivity index (χ1) is 7.13. The van der Waals surface area contributed by atoms with E-state index in [1.807, 2.05) is 11.9 Å². The van der Waals surface area contributed by atoms with Crippen molar-refractivity contribution in [1.82, 2.24) is 9.80 Å². The predicted molar refractivity (Wildman–Crippen MR) is 55.3 cm³/mol. The molecule has 0 bridgehead atoms. The maximum atomic E-state index is 11.5. The Balaban J connectivity index is 2.35. The van der Waals surface area contributed by atoms with Crippen LogP contribution >= 0.6 is 0 Å². The van der Waals surface area contributed by atoms with Crippen LogP contribution in [0.15, 0.2) is 0 Å². The molecule has 0 atom stereocenters. The van der Waals surface area contributed by atoms with Crippen molar-refractivity contribution >= 4 is 11.9 Å². The van der Waals surface area contributed by atoms with Gasteiger partial charge in [-0.15, -0.1) is 0 Å². The predicted octanol–water partition coefficient (Wildman–Crippen LogP) is -0.286. The Labute approximate surface area is 90.0 Å². The summed E-state index contributed by atoms with van der Waals surface area (Å²) >= 11 is 0. The molecule has 1 aliphatic rings. The first kappa shape index (κ1) is 12.0. The SMILES string of the molecule is COC(=O)CCN1CCCN(C)C(=O)C1. The molecule has 0 saturated carbocycles. The van der Waals surface area contributed by atoms with Gasteiger partial charge in [0.1, 0.15) is 0 Å². The third kappa shape index (κ3) is 3.87. The fourth-order valence-corrected chi connectivity index (χ4v) is 1.59. The highest BCUT2D eigenvalue weighted by Crippen LogP contribution is 2.03. The number of ether oxygens (including phenoxy) is 1. The van der Waals surface area contributed by atoms with E-state index in [0.717, 1.165) is 19.5 Å². The first-order valence-electron chi connectivity index (χ1n) is 5.16. The van der Waals surface area contributed by atoms with E-state index in [0.29, 0.717) is 19.5 Å². The number of rotatable bonds is 3. The molecule has 5 heteroatoms. The normalized spacial score (nSPS) is 18.8. The van der Waals surface area contributed by atoms with Crippen molar-refractivity contribution in [2.24, 2.45) is 0 Å². The maximum Gasteiger partial charge on any atom is 0.306 e. The molecule has 1 rings (SSSR count). The van der Waals surface area contributed by atoms with Crippen LogP contribution in [0.25, 0.3) is 0 Å². The van der Waals surface area contributed by atoms with Gasteiger partial charge in [-0.2, -0.15) is 0 Å². The number of likely N-dealkylation sites (N-methyl/N-ethyl adjacent to an activating group) is 1. The molecule has 5 nitrogen and oxygen atoms in total. The van der Waals surface area contributed by atoms with Crippen molar-refractivity contribution in [2.75, 3.05) is 40.3 Å². The summed E-state index contributed by atoms with van der Waals surface area (Å²) in [7, 11) is 3.19. The number of nitrogens with zero attached hydrogens (tertiary/aromatic N) is 2. The minimum atomic E-state index is -0.222. The number of amides is 1. The smallest absolute Gasteiger partial charge is 0.306 e. The van der Waals surface area contributed by atoms with Gasteiger partial charge in [-0.3, -0.25) is 14.5 Å². The van der Waals surface area contributed by atoms with Gasteiger partial charge in [0.25, 0.3) is 0 Å². The van der Waals surface area contributed by atoms with Gasteiger partial charge in [-0.05, 0) is 6.42 Å². The van der Waals surface area contributed by atoms with E-state index in [9.17, 15) is 9.59 Å². The van der Waals surface area contributed by atoms with E-state index >= 15 is 0 Å². The lowest BCUT2D eigenvalue weighted by molar-refractivity contribution is -0.141. The van der Waals surface area contributed by atoms with Crippen LogP contribution in [0, 0.1) is 0 Å². The molecule has 15 heavy (non-hydrogen) atoms. The second kappa shape index (κ2) is 5.70. The number of esters is 1. The second-order valence-corrected chi connectivity index (χ2v) is 3.77. The molecule has 1 amide bonds. The maximum absolute atomic E-state index is 11.5. The molecule has 0 spiro atoms. The molecule has 0 N–H and O–H groups in total. The van der Waals surface area contributed by atoms with Gasteiger partial charge < -0.3 is 9.64 Å². The van der Waals surface area contributed by atoms with Crippen LogP contribution in [-0.4, -0.2) is 62.0 Å². The summed E-state index contributed by atoms with van der Waals surface area (Å²) in [4.78, 5) is 26.2. The molecular formula is C10H18N2O3. The minimum absolute atomic E-state index is 0.123. The summed E-state index contributed by atoms with van der Waals surface area (Å²) in [6, 6.07) is 0. The van der Waals surface area contributed by atoms with Crippen LogP contribution in [0.1, 0.15) is 12.8 Å². The largest absolute Gasteiger partial charge is 0.469 e. The third-order valence-corrected chi connectivity index (χ3v) is 2.61. The first-order valence-corrected chi connectivity index (χ1v) is 5.16. The molecule has 0 aromatic carbocycles. The molecular weight excluding hydrogens is 196 g/mol. The zero-order valence-corrected chi connectivity index (χ0v) is 9.36. The Kier molecular flexibility index (Phi) is 4.55. The number of methoxy groups -OCH3 is 1. The van der Waals surface area contributed by atoms with Gasteiger partial charge in [-0.1, -0.05) is 0 Å². The highest BCUT2D eigenvalue weighted by molar-refractivity contribution is 5.78. The summed E-state index contributed by atoms with van der Waals surface area (Å²) in [5.41, 5.74) is 0. The zero-order valence-electron chi connectivity index (χ0n) is 9.36. The van der Waals surface area contributed by atoms with Crippen molar-refractivity contribution in [2.45, 2.75) is 12.8 Å². The molecule has 1 aliphatic heterocycles. The summed E-state index contributed by atoms with van der Waals surface area (Å²) in [6.07, 6.45) is 1.32. The molecule has 0 aromatic heterocycles. The van der Waals surface area contributed by atoms with Crippen molar-refractivity contribution in [1.29, 1.82) is 0 Å². The molecule has 1 fully saturated rings. The van der Waals surface area contributed by atoms with E-state index in [4.69, 9.17) is 0 Å². The zero-order chi connectivity index (χ0) is 11.3. The Morgan fingerprint density at radius 1 is 1.47 bits per heavy atom. The summed E-state index contributed by atoms with van der Waals surface area (Å²) in [5.74, 6) is -0.0996. The molecule has 86 valence electrons. The van der Waals surface area contributed by atoms with E-state index < -0.39 is 0 Å². The quantitative estimate of drug-likeness (QED) is 0.606. The van der Waals surface area contributed by atoms with Crippen LogP contribution in [0.3, 0.4) is 0 Å². The van der Waals surface area contributed by atoms with E-state index in [1.165, 1.54) is 7.11 Å². The van der Waals surface area contributed by atoms with E-state index in [1.54, 1.807) is 4.90 Å². The number of carbonyl (C=O) groups excluding carboxylic acids is 2. The van der Waals surface area contributed by atoms with Gasteiger partial charge in [0.2, 0.25) is 5.91 Å². The lowest BCUT2D eigenvalue weighted by atomic mass is 10.3. The van der Waals surface area contributed by atoms with Crippen LogP contribution < -0.4 is 0 Å². The number of hydrogen-bond donors (Lipinski definition) is 0. The summed E-state index contributed by atoms with van der Waals surface area (Å²) in [5, 5.41) is 0. The number of carbonyl (C=O) groups is 2. The molecule has 0 radical (unpaired) electrons. The fraction of sp³-hybridized carbons (Fsp3) is 0.800. The van der Waals surface area contributed by atoms with Gasteiger partial charge in [-0.25, -0.2) is 0 Å². The Bertz CT molecular complexity index is 243. The lowest BCUT2D eigenvalue weighted by Crippen LogP contribution is -2.35. The third-order valence-electron chi connectivity index (χ3n) is 2.61.